The summed E-state index contributed by atoms with van der Waals surface area (Å²) >= 11 is 2.98. The second kappa shape index (κ2) is 11.2. The summed E-state index contributed by atoms with van der Waals surface area (Å²) in [6.07, 6.45) is 1.36. The molecule has 0 aliphatic heterocycles. The van der Waals surface area contributed by atoms with E-state index in [9.17, 15) is 22.8 Å². The molecule has 184 valence electrons. The van der Waals surface area contributed by atoms with Gasteiger partial charge in [0, 0.05) is 29.1 Å². The van der Waals surface area contributed by atoms with Crippen LogP contribution in [0.5, 0.6) is 0 Å². The number of hydrogen-bond donors (Lipinski definition) is 1. The number of amides is 1. The topological polar surface area (TPSA) is 97.2 Å². The number of hydrazone groups is 1. The predicted molar refractivity (Wildman–Crippen MR) is 128 cm³/mol. The fourth-order valence-electron chi connectivity index (χ4n) is 3.38. The van der Waals surface area contributed by atoms with E-state index >= 15 is 0 Å². The molecule has 12 heteroatoms. The molecule has 0 unspecified atom stereocenters. The van der Waals surface area contributed by atoms with E-state index in [0.29, 0.717) is 24.5 Å². The van der Waals surface area contributed by atoms with Crippen molar-refractivity contribution in [2.24, 2.45) is 5.10 Å². The Hall–Kier alpha value is -2.99. The summed E-state index contributed by atoms with van der Waals surface area (Å²) in [5.74, 6) is -0.532. The fraction of sp³-hybridized carbons (Fsp3) is 0.391. The van der Waals surface area contributed by atoms with E-state index in [-0.39, 0.29) is 30.7 Å². The second-order valence-corrected chi connectivity index (χ2v) is 9.96. The Bertz CT molecular complexity index is 1190. The van der Waals surface area contributed by atoms with Gasteiger partial charge in [0.2, 0.25) is 0 Å². The summed E-state index contributed by atoms with van der Waals surface area (Å²) in [7, 11) is 0. The van der Waals surface area contributed by atoms with Crippen LogP contribution in [0.15, 0.2) is 41.1 Å². The van der Waals surface area contributed by atoms with Gasteiger partial charge in [0.05, 0.1) is 0 Å². The van der Waals surface area contributed by atoms with Crippen molar-refractivity contribution in [1.29, 1.82) is 0 Å². The minimum atomic E-state index is -4.67. The van der Waals surface area contributed by atoms with Gasteiger partial charge in [0.1, 0.15) is 17.1 Å². The van der Waals surface area contributed by atoms with Crippen LogP contribution in [0.25, 0.3) is 10.0 Å². The highest BCUT2D eigenvalue weighted by Crippen LogP contribution is 2.46. The molecular weight excluding hydrogens is 499 g/mol. The van der Waals surface area contributed by atoms with Gasteiger partial charge in [-0.05, 0) is 50.2 Å². The molecule has 35 heavy (non-hydrogen) atoms. The Labute approximate surface area is 207 Å². The zero-order chi connectivity index (χ0) is 24.8. The number of halogens is 3. The van der Waals surface area contributed by atoms with Gasteiger partial charge in [0.25, 0.3) is 5.91 Å². The maximum atomic E-state index is 13.3. The summed E-state index contributed by atoms with van der Waals surface area (Å²) in [4.78, 5) is 38.3. The first kappa shape index (κ1) is 25.1. The molecule has 0 atom stereocenters. The first-order chi connectivity index (χ1) is 16.8. The standard InChI is InChI=1S/C23H22F3N5O2S2/c24-23(25,26)17(30-31-20(33)15-6-4-5-11-27-15)8-3-1-2-7-16(32)18-19(14-9-10-14)35-22(29-18)21-28-12-13-34-21/h4-6,11-14H,1-3,7-10H2,(H,31,33)/b30-17+. The summed E-state index contributed by atoms with van der Waals surface area (Å²) in [5.41, 5.74) is 1.31. The number of carbonyl (C=O) groups excluding carboxylic acids is 2. The van der Waals surface area contributed by atoms with Crippen LogP contribution < -0.4 is 5.43 Å². The van der Waals surface area contributed by atoms with Gasteiger partial charge < -0.3 is 0 Å². The Balaban J connectivity index is 1.28. The van der Waals surface area contributed by atoms with E-state index in [2.05, 4.69) is 20.1 Å². The number of nitrogens with one attached hydrogen (secondary N) is 1. The predicted octanol–water partition coefficient (Wildman–Crippen LogP) is 6.02. The van der Waals surface area contributed by atoms with Crippen LogP contribution in [0.1, 0.15) is 76.7 Å². The van der Waals surface area contributed by atoms with E-state index < -0.39 is 17.8 Å². The van der Waals surface area contributed by atoms with Gasteiger partial charge in [0.15, 0.2) is 15.8 Å². The molecule has 0 saturated heterocycles. The zero-order valence-electron chi connectivity index (χ0n) is 18.5. The lowest BCUT2D eigenvalue weighted by Crippen LogP contribution is -2.28. The molecular formula is C23H22F3N5O2S2. The largest absolute Gasteiger partial charge is 0.431 e. The van der Waals surface area contributed by atoms with E-state index in [1.54, 1.807) is 18.3 Å². The number of alkyl halides is 3. The molecule has 0 bridgehead atoms. The monoisotopic (exact) mass is 521 g/mol. The molecule has 1 amide bonds. The number of nitrogens with zero attached hydrogens (tertiary/aromatic N) is 4. The van der Waals surface area contributed by atoms with Gasteiger partial charge in [-0.3, -0.25) is 14.6 Å². The average Bonchev–Trinajstić information content (AvgIpc) is 3.34. The lowest BCUT2D eigenvalue weighted by atomic mass is 10.1. The van der Waals surface area contributed by atoms with Crippen LogP contribution in [-0.4, -0.2) is 38.5 Å². The van der Waals surface area contributed by atoms with Crippen molar-refractivity contribution in [1.82, 2.24) is 20.4 Å². The molecule has 1 aliphatic carbocycles. The van der Waals surface area contributed by atoms with Gasteiger partial charge in [-0.2, -0.15) is 18.3 Å². The highest BCUT2D eigenvalue weighted by molar-refractivity contribution is 7.20. The van der Waals surface area contributed by atoms with Crippen molar-refractivity contribution < 1.29 is 22.8 Å². The van der Waals surface area contributed by atoms with Crippen molar-refractivity contribution in [3.63, 3.8) is 0 Å². The van der Waals surface area contributed by atoms with Crippen LogP contribution in [0.2, 0.25) is 0 Å². The molecule has 7 nitrogen and oxygen atoms in total. The Kier molecular flexibility index (Phi) is 8.01. The molecule has 0 spiro atoms. The first-order valence-corrected chi connectivity index (χ1v) is 12.8. The first-order valence-electron chi connectivity index (χ1n) is 11.1. The third kappa shape index (κ3) is 6.79. The lowest BCUT2D eigenvalue weighted by Gasteiger charge is -2.10. The van der Waals surface area contributed by atoms with Crippen molar-refractivity contribution in [3.8, 4) is 10.0 Å². The Morgan fingerprint density at radius 2 is 1.86 bits per heavy atom. The number of carbonyl (C=O) groups is 2. The van der Waals surface area contributed by atoms with Crippen LogP contribution in [-0.2, 0) is 0 Å². The van der Waals surface area contributed by atoms with Gasteiger partial charge in [-0.1, -0.05) is 12.5 Å². The van der Waals surface area contributed by atoms with Crippen LogP contribution in [0.4, 0.5) is 13.2 Å². The number of ketones is 1. The van der Waals surface area contributed by atoms with Crippen molar-refractivity contribution in [3.05, 3.63) is 52.2 Å². The molecule has 1 saturated carbocycles. The summed E-state index contributed by atoms with van der Waals surface area (Å²) in [5, 5.41) is 6.67. The quantitative estimate of drug-likeness (QED) is 0.144. The molecule has 0 radical (unpaired) electrons. The molecule has 4 rings (SSSR count). The van der Waals surface area contributed by atoms with Gasteiger partial charge >= 0.3 is 6.18 Å². The maximum Gasteiger partial charge on any atom is 0.431 e. The summed E-state index contributed by atoms with van der Waals surface area (Å²) < 4.78 is 39.9. The fourth-order valence-corrected chi connectivity index (χ4v) is 5.31. The van der Waals surface area contributed by atoms with Crippen molar-refractivity contribution in [2.45, 2.75) is 57.0 Å². The zero-order valence-corrected chi connectivity index (χ0v) is 20.2. The minimum absolute atomic E-state index is 0.0260. The van der Waals surface area contributed by atoms with E-state index in [4.69, 9.17) is 0 Å². The number of hydrogen-bond acceptors (Lipinski definition) is 8. The van der Waals surface area contributed by atoms with Gasteiger partial charge in [-0.15, -0.1) is 22.7 Å². The van der Waals surface area contributed by atoms with Crippen LogP contribution in [0, 0.1) is 0 Å². The molecule has 1 fully saturated rings. The average molecular weight is 522 g/mol. The normalized spacial score (nSPS) is 14.2. The maximum absolute atomic E-state index is 13.3. The van der Waals surface area contributed by atoms with Crippen molar-refractivity contribution in [2.75, 3.05) is 0 Å². The Morgan fingerprint density at radius 1 is 1.06 bits per heavy atom. The van der Waals surface area contributed by atoms with E-state index in [1.165, 1.54) is 34.9 Å². The summed E-state index contributed by atoms with van der Waals surface area (Å²) in [6, 6.07) is 4.52. The number of unbranched alkanes of at least 4 members (excludes halogenated alkanes) is 2. The molecule has 3 aromatic rings. The van der Waals surface area contributed by atoms with Crippen molar-refractivity contribution >= 4 is 40.1 Å². The van der Waals surface area contributed by atoms with Gasteiger partial charge in [-0.25, -0.2) is 15.4 Å². The summed E-state index contributed by atoms with van der Waals surface area (Å²) in [6.45, 7) is 0. The molecule has 1 N–H and O–H groups in total. The smallest absolute Gasteiger partial charge is 0.292 e. The number of aromatic nitrogens is 3. The van der Waals surface area contributed by atoms with E-state index in [1.807, 2.05) is 10.8 Å². The third-order valence-electron chi connectivity index (χ3n) is 5.32. The lowest BCUT2D eigenvalue weighted by molar-refractivity contribution is -0.0609. The number of pyridine rings is 1. The minimum Gasteiger partial charge on any atom is -0.292 e. The molecule has 3 heterocycles. The number of thiazole rings is 2. The Morgan fingerprint density at radius 3 is 2.51 bits per heavy atom. The molecule has 3 aromatic heterocycles. The molecule has 1 aliphatic rings. The van der Waals surface area contributed by atoms with Crippen LogP contribution in [0.3, 0.4) is 0 Å². The number of rotatable bonds is 11. The van der Waals surface area contributed by atoms with Crippen LogP contribution >= 0.6 is 22.7 Å². The number of Topliss-reactive ketones (excluding diaryl/α,β-unsaturated/α-hetero) is 1. The third-order valence-corrected chi connectivity index (χ3v) is 7.45. The highest BCUT2D eigenvalue weighted by atomic mass is 32.1. The second-order valence-electron chi connectivity index (χ2n) is 8.04. The molecule has 0 aromatic carbocycles. The van der Waals surface area contributed by atoms with E-state index in [0.717, 1.165) is 27.7 Å². The SMILES string of the molecule is O=C(N/N=C(\CCCCCC(=O)c1nc(-c2nccs2)sc1C1CC1)C(F)(F)F)c1ccccn1. The highest BCUT2D eigenvalue weighted by Gasteiger charge is 2.35.